The highest BCUT2D eigenvalue weighted by Gasteiger charge is 2.39. The number of rotatable bonds is 2. The Morgan fingerprint density at radius 1 is 1.71 bits per heavy atom. The van der Waals surface area contributed by atoms with Crippen LogP contribution in [0, 0.1) is 16.6 Å². The van der Waals surface area contributed by atoms with Gasteiger partial charge in [-0.15, -0.1) is 0 Å². The van der Waals surface area contributed by atoms with E-state index in [9.17, 15) is 5.11 Å². The molecule has 1 fully saturated rings. The fraction of sp³-hybridized carbons (Fsp3) is 0.727. The first kappa shape index (κ1) is 11.6. The zero-order valence-corrected chi connectivity index (χ0v) is 9.60. The van der Waals surface area contributed by atoms with Gasteiger partial charge in [0.1, 0.15) is 5.40 Å². The number of hydrogen-bond donors (Lipinski definition) is 1. The lowest BCUT2D eigenvalue weighted by molar-refractivity contribution is 0.0197. The molecule has 0 spiro atoms. The first-order chi connectivity index (χ1) is 6.47. The van der Waals surface area contributed by atoms with Gasteiger partial charge in [0.05, 0.1) is 5.60 Å². The molecule has 78 valence electrons. The van der Waals surface area contributed by atoms with Crippen LogP contribution in [0.5, 0.6) is 0 Å². The van der Waals surface area contributed by atoms with Gasteiger partial charge >= 0.3 is 0 Å². The lowest BCUT2D eigenvalue weighted by atomic mass is 9.77. The van der Waals surface area contributed by atoms with Crippen molar-refractivity contribution >= 4 is 11.8 Å². The largest absolute Gasteiger partial charge is 0.389 e. The lowest BCUT2D eigenvalue weighted by Gasteiger charge is -2.39. The lowest BCUT2D eigenvalue weighted by Crippen LogP contribution is -2.42. The van der Waals surface area contributed by atoms with Crippen LogP contribution in [0.1, 0.15) is 33.1 Å². The smallest absolute Gasteiger partial charge is 0.133 e. The summed E-state index contributed by atoms with van der Waals surface area (Å²) in [5.74, 6) is 0.473. The molecule has 1 aliphatic carbocycles. The number of thiocyanates is 1. The third-order valence-electron chi connectivity index (χ3n) is 3.08. The molecule has 2 unspecified atom stereocenters. The molecule has 0 aromatic heterocycles. The quantitative estimate of drug-likeness (QED) is 0.564. The molecule has 1 N–H and O–H groups in total. The average molecular weight is 211 g/mol. The third-order valence-corrected chi connectivity index (χ3v) is 4.17. The van der Waals surface area contributed by atoms with Crippen molar-refractivity contribution < 1.29 is 5.11 Å². The second kappa shape index (κ2) is 4.37. The van der Waals surface area contributed by atoms with Crippen molar-refractivity contribution in [2.45, 2.75) is 44.0 Å². The molecule has 0 bridgehead atoms. The molecule has 1 aliphatic rings. The Bertz CT molecular complexity index is 267. The van der Waals surface area contributed by atoms with Gasteiger partial charge in [-0.05, 0) is 50.8 Å². The summed E-state index contributed by atoms with van der Waals surface area (Å²) in [6.45, 7) is 7.80. The van der Waals surface area contributed by atoms with Crippen molar-refractivity contribution in [3.8, 4) is 5.40 Å². The molecule has 0 amide bonds. The second-order valence-corrected chi connectivity index (χ2v) is 5.36. The summed E-state index contributed by atoms with van der Waals surface area (Å²) in [5, 5.41) is 20.8. The van der Waals surface area contributed by atoms with Gasteiger partial charge in [0.25, 0.3) is 0 Å². The van der Waals surface area contributed by atoms with Gasteiger partial charge in [0.15, 0.2) is 0 Å². The Hall–Kier alpha value is -0.460. The maximum Gasteiger partial charge on any atom is 0.133 e. The zero-order chi connectivity index (χ0) is 10.8. The van der Waals surface area contributed by atoms with Crippen LogP contribution in [0.4, 0.5) is 0 Å². The summed E-state index contributed by atoms with van der Waals surface area (Å²) < 4.78 is 0. The Morgan fingerprint density at radius 3 is 2.86 bits per heavy atom. The minimum Gasteiger partial charge on any atom is -0.389 e. The first-order valence-electron chi connectivity index (χ1n) is 4.90. The van der Waals surface area contributed by atoms with Crippen LogP contribution in [0.2, 0.25) is 0 Å². The molecule has 0 aromatic carbocycles. The van der Waals surface area contributed by atoms with E-state index in [1.165, 1.54) is 17.3 Å². The van der Waals surface area contributed by atoms with E-state index in [0.29, 0.717) is 5.92 Å². The summed E-state index contributed by atoms with van der Waals surface area (Å²) in [6, 6.07) is 0. The molecule has 0 heterocycles. The zero-order valence-electron chi connectivity index (χ0n) is 8.79. The molecular formula is C11H17NOS. The van der Waals surface area contributed by atoms with Gasteiger partial charge < -0.3 is 5.11 Å². The minimum atomic E-state index is -0.688. The van der Waals surface area contributed by atoms with E-state index >= 15 is 0 Å². The molecule has 1 saturated carbocycles. The van der Waals surface area contributed by atoms with Crippen molar-refractivity contribution in [3.63, 3.8) is 0 Å². The number of thioether (sulfide) groups is 1. The van der Waals surface area contributed by atoms with Gasteiger partial charge in [0.2, 0.25) is 0 Å². The normalized spacial score (nSPS) is 37.6. The summed E-state index contributed by atoms with van der Waals surface area (Å²) in [6.07, 6.45) is 2.63. The van der Waals surface area contributed by atoms with E-state index in [1.54, 1.807) is 0 Å². The van der Waals surface area contributed by atoms with Crippen LogP contribution in [-0.2, 0) is 0 Å². The summed E-state index contributed by atoms with van der Waals surface area (Å²) in [7, 11) is 0. The fourth-order valence-electron chi connectivity index (χ4n) is 1.94. The summed E-state index contributed by atoms with van der Waals surface area (Å²) >= 11 is 1.19. The highest BCUT2D eigenvalue weighted by Crippen LogP contribution is 2.40. The van der Waals surface area contributed by atoms with Crippen molar-refractivity contribution in [2.24, 2.45) is 5.92 Å². The van der Waals surface area contributed by atoms with Gasteiger partial charge in [-0.1, -0.05) is 12.2 Å². The van der Waals surface area contributed by atoms with Crippen molar-refractivity contribution in [2.75, 3.05) is 0 Å². The van der Waals surface area contributed by atoms with E-state index in [0.717, 1.165) is 19.3 Å². The fourth-order valence-corrected chi connectivity index (χ4v) is 2.77. The molecule has 3 heteroatoms. The number of nitrogens with zero attached hydrogens (tertiary/aromatic N) is 1. The topological polar surface area (TPSA) is 44.0 Å². The maximum absolute atomic E-state index is 10.1. The van der Waals surface area contributed by atoms with E-state index in [1.807, 2.05) is 13.8 Å². The van der Waals surface area contributed by atoms with Crippen LogP contribution in [0.15, 0.2) is 12.2 Å². The molecule has 14 heavy (non-hydrogen) atoms. The minimum absolute atomic E-state index is 0.0305. The number of nitriles is 1. The average Bonchev–Trinajstić information content (AvgIpc) is 2.08. The van der Waals surface area contributed by atoms with Crippen LogP contribution >= 0.6 is 11.8 Å². The monoisotopic (exact) mass is 211 g/mol. The Morgan fingerprint density at radius 2 is 2.36 bits per heavy atom. The van der Waals surface area contributed by atoms with Crippen LogP contribution < -0.4 is 0 Å². The molecule has 2 nitrogen and oxygen atoms in total. The molecule has 1 rings (SSSR count). The molecule has 3 atom stereocenters. The number of allylic oxidation sites excluding steroid dienone is 1. The molecule has 0 saturated heterocycles. The molecular weight excluding hydrogens is 194 g/mol. The Balaban J connectivity index is 2.68. The predicted octanol–water partition coefficient (Wildman–Crippen LogP) is 2.70. The molecule has 0 aromatic rings. The van der Waals surface area contributed by atoms with E-state index in [2.05, 4.69) is 12.0 Å². The standard InChI is InChI=1S/C11H17NOS/c1-8(2)9-4-5-11(3,13)10(6-9)14-7-12/h9-10,13H,1,4-6H2,2-3H3/t9-,10?,11?/m0/s1. The second-order valence-electron chi connectivity index (χ2n) is 4.37. The number of aliphatic hydroxyl groups is 1. The maximum atomic E-state index is 10.1. The van der Waals surface area contributed by atoms with Gasteiger partial charge in [0, 0.05) is 5.25 Å². The Labute approximate surface area is 90.0 Å². The van der Waals surface area contributed by atoms with Crippen LogP contribution in [0.25, 0.3) is 0 Å². The van der Waals surface area contributed by atoms with E-state index < -0.39 is 5.60 Å². The summed E-state index contributed by atoms with van der Waals surface area (Å²) in [4.78, 5) is 0. The number of hydrogen-bond acceptors (Lipinski definition) is 3. The van der Waals surface area contributed by atoms with E-state index in [4.69, 9.17) is 5.26 Å². The van der Waals surface area contributed by atoms with Crippen LogP contribution in [-0.4, -0.2) is 16.0 Å². The predicted molar refractivity (Wildman–Crippen MR) is 59.8 cm³/mol. The third kappa shape index (κ3) is 2.52. The van der Waals surface area contributed by atoms with Crippen molar-refractivity contribution in [1.29, 1.82) is 5.26 Å². The molecule has 0 aliphatic heterocycles. The SMILES string of the molecule is C=C(C)[C@H]1CCC(C)(O)C(SC#N)C1. The van der Waals surface area contributed by atoms with E-state index in [-0.39, 0.29) is 5.25 Å². The highest BCUT2D eigenvalue weighted by atomic mass is 32.2. The van der Waals surface area contributed by atoms with Gasteiger partial charge in [-0.3, -0.25) is 0 Å². The molecule has 0 radical (unpaired) electrons. The first-order valence-corrected chi connectivity index (χ1v) is 5.78. The van der Waals surface area contributed by atoms with Crippen LogP contribution in [0.3, 0.4) is 0 Å². The van der Waals surface area contributed by atoms with Crippen molar-refractivity contribution in [1.82, 2.24) is 0 Å². The summed E-state index contributed by atoms with van der Waals surface area (Å²) in [5.41, 5.74) is 0.482. The van der Waals surface area contributed by atoms with Gasteiger partial charge in [-0.25, -0.2) is 0 Å². The van der Waals surface area contributed by atoms with Crippen molar-refractivity contribution in [3.05, 3.63) is 12.2 Å². The van der Waals surface area contributed by atoms with Gasteiger partial charge in [-0.2, -0.15) is 5.26 Å². The Kier molecular flexibility index (Phi) is 3.63. The highest BCUT2D eigenvalue weighted by molar-refractivity contribution is 8.04.